The van der Waals surface area contributed by atoms with Gasteiger partial charge in [0.1, 0.15) is 12.6 Å². The third-order valence-corrected chi connectivity index (χ3v) is 7.97. The van der Waals surface area contributed by atoms with Gasteiger partial charge in [-0.3, -0.25) is 13.9 Å². The van der Waals surface area contributed by atoms with Gasteiger partial charge in [-0.25, -0.2) is 8.42 Å². The lowest BCUT2D eigenvalue weighted by Gasteiger charge is -2.32. The lowest BCUT2D eigenvalue weighted by molar-refractivity contribution is -0.139. The minimum Gasteiger partial charge on any atom is -0.352 e. The molecule has 35 heavy (non-hydrogen) atoms. The van der Waals surface area contributed by atoms with E-state index in [1.54, 1.807) is 19.1 Å². The van der Waals surface area contributed by atoms with Crippen LogP contribution in [0.3, 0.4) is 0 Å². The van der Waals surface area contributed by atoms with Crippen LogP contribution < -0.4 is 9.62 Å². The van der Waals surface area contributed by atoms with E-state index in [9.17, 15) is 18.0 Å². The summed E-state index contributed by atoms with van der Waals surface area (Å²) in [7, 11) is -3.79. The molecule has 7 nitrogen and oxygen atoms in total. The number of sulfonamides is 1. The lowest BCUT2D eigenvalue weighted by atomic mass is 10.1. The Kier molecular flexibility index (Phi) is 8.83. The van der Waals surface area contributed by atoms with Crippen molar-refractivity contribution in [2.24, 2.45) is 0 Å². The van der Waals surface area contributed by atoms with Crippen molar-refractivity contribution in [1.29, 1.82) is 0 Å². The first-order valence-corrected chi connectivity index (χ1v) is 14.1. The smallest absolute Gasteiger partial charge is 0.244 e. The van der Waals surface area contributed by atoms with Crippen molar-refractivity contribution >= 4 is 39.1 Å². The predicted octanol–water partition coefficient (Wildman–Crippen LogP) is 4.20. The van der Waals surface area contributed by atoms with Crippen LogP contribution in [0, 0.1) is 13.8 Å². The highest BCUT2D eigenvalue weighted by molar-refractivity contribution is 7.92. The Morgan fingerprint density at radius 3 is 2.40 bits per heavy atom. The number of nitrogens with zero attached hydrogens (tertiary/aromatic N) is 2. The van der Waals surface area contributed by atoms with E-state index < -0.39 is 28.5 Å². The molecule has 1 saturated carbocycles. The third-order valence-electron chi connectivity index (χ3n) is 6.43. The van der Waals surface area contributed by atoms with Crippen molar-refractivity contribution < 1.29 is 18.0 Å². The predicted molar refractivity (Wildman–Crippen MR) is 140 cm³/mol. The van der Waals surface area contributed by atoms with E-state index in [1.165, 1.54) is 11.0 Å². The molecule has 0 unspecified atom stereocenters. The molecule has 0 heterocycles. The second-order valence-corrected chi connectivity index (χ2v) is 11.7. The number of anilines is 1. The highest BCUT2D eigenvalue weighted by atomic mass is 35.5. The molecule has 0 aliphatic heterocycles. The largest absolute Gasteiger partial charge is 0.352 e. The van der Waals surface area contributed by atoms with Gasteiger partial charge >= 0.3 is 0 Å². The van der Waals surface area contributed by atoms with Gasteiger partial charge in [-0.2, -0.15) is 0 Å². The van der Waals surface area contributed by atoms with Crippen LogP contribution in [0.15, 0.2) is 42.5 Å². The maximum absolute atomic E-state index is 13.6. The summed E-state index contributed by atoms with van der Waals surface area (Å²) in [4.78, 5) is 28.1. The zero-order valence-corrected chi connectivity index (χ0v) is 22.3. The Labute approximate surface area is 213 Å². The Balaban J connectivity index is 1.89. The van der Waals surface area contributed by atoms with Crippen molar-refractivity contribution in [1.82, 2.24) is 10.2 Å². The van der Waals surface area contributed by atoms with Crippen LogP contribution in [0.5, 0.6) is 0 Å². The van der Waals surface area contributed by atoms with Gasteiger partial charge in [0.15, 0.2) is 0 Å². The molecule has 1 N–H and O–H groups in total. The monoisotopic (exact) mass is 519 g/mol. The number of rotatable bonds is 9. The van der Waals surface area contributed by atoms with Crippen LogP contribution in [0.1, 0.15) is 49.3 Å². The second-order valence-electron chi connectivity index (χ2n) is 9.38. The molecular weight excluding hydrogens is 486 g/mol. The fourth-order valence-corrected chi connectivity index (χ4v) is 5.35. The van der Waals surface area contributed by atoms with Crippen LogP contribution >= 0.6 is 11.6 Å². The fraction of sp³-hybridized carbons (Fsp3) is 0.462. The zero-order chi connectivity index (χ0) is 25.8. The Morgan fingerprint density at radius 1 is 1.11 bits per heavy atom. The summed E-state index contributed by atoms with van der Waals surface area (Å²) >= 11 is 6.23. The van der Waals surface area contributed by atoms with Gasteiger partial charge < -0.3 is 10.2 Å². The molecule has 0 bridgehead atoms. The molecule has 3 rings (SSSR count). The van der Waals surface area contributed by atoms with Gasteiger partial charge in [-0.15, -0.1) is 0 Å². The van der Waals surface area contributed by atoms with Crippen LogP contribution in [0.2, 0.25) is 5.02 Å². The molecule has 1 fully saturated rings. The first kappa shape index (κ1) is 27.0. The molecular formula is C26H34ClN3O4S. The molecule has 9 heteroatoms. The van der Waals surface area contributed by atoms with E-state index in [-0.39, 0.29) is 18.5 Å². The van der Waals surface area contributed by atoms with Crippen molar-refractivity contribution in [2.45, 2.75) is 65.1 Å². The summed E-state index contributed by atoms with van der Waals surface area (Å²) in [6.45, 7) is 5.21. The van der Waals surface area contributed by atoms with E-state index in [1.807, 2.05) is 38.1 Å². The van der Waals surface area contributed by atoms with E-state index in [4.69, 9.17) is 11.6 Å². The highest BCUT2D eigenvalue weighted by Gasteiger charge is 2.31. The summed E-state index contributed by atoms with van der Waals surface area (Å²) < 4.78 is 26.3. The topological polar surface area (TPSA) is 86.8 Å². The zero-order valence-electron chi connectivity index (χ0n) is 20.8. The molecule has 0 radical (unpaired) electrons. The van der Waals surface area contributed by atoms with Crippen molar-refractivity contribution in [3.8, 4) is 0 Å². The number of hydrogen-bond donors (Lipinski definition) is 1. The third kappa shape index (κ3) is 7.21. The minimum atomic E-state index is -3.79. The van der Waals surface area contributed by atoms with Crippen molar-refractivity contribution in [2.75, 3.05) is 17.1 Å². The number of amides is 2. The van der Waals surface area contributed by atoms with Gasteiger partial charge in [-0.05, 0) is 56.9 Å². The van der Waals surface area contributed by atoms with E-state index in [0.29, 0.717) is 10.7 Å². The lowest BCUT2D eigenvalue weighted by Crippen LogP contribution is -2.52. The molecule has 0 saturated heterocycles. The van der Waals surface area contributed by atoms with Crippen LogP contribution in [-0.4, -0.2) is 50.0 Å². The van der Waals surface area contributed by atoms with Gasteiger partial charge in [-0.1, -0.05) is 60.3 Å². The van der Waals surface area contributed by atoms with Crippen molar-refractivity contribution in [3.63, 3.8) is 0 Å². The maximum Gasteiger partial charge on any atom is 0.244 e. The van der Waals surface area contributed by atoms with E-state index in [2.05, 4.69) is 5.32 Å². The minimum absolute atomic E-state index is 0.114. The summed E-state index contributed by atoms with van der Waals surface area (Å²) in [5, 5.41) is 3.46. The fourth-order valence-electron chi connectivity index (χ4n) is 4.33. The SMILES string of the molecule is Cc1cccc(CN(C(=O)CN(c2ccc(C)c(Cl)c2)S(C)(=O)=O)[C@H](C)C(=O)NC2CCCC2)c1. The van der Waals surface area contributed by atoms with E-state index >= 15 is 0 Å². The Bertz CT molecular complexity index is 1180. The van der Waals surface area contributed by atoms with E-state index in [0.717, 1.165) is 52.9 Å². The first-order chi connectivity index (χ1) is 16.5. The molecule has 2 aromatic carbocycles. The number of nitrogens with one attached hydrogen (secondary N) is 1. The normalized spacial score (nSPS) is 15.0. The molecule has 0 aromatic heterocycles. The Hall–Kier alpha value is -2.58. The molecule has 1 aliphatic carbocycles. The summed E-state index contributed by atoms with van der Waals surface area (Å²) in [6, 6.07) is 11.9. The standard InChI is InChI=1S/C26H34ClN3O4S/c1-18-8-7-9-21(14-18)16-29(20(3)26(32)28-22-10-5-6-11-22)25(31)17-30(35(4,33)34)23-13-12-19(2)24(27)15-23/h7-9,12-15,20,22H,5-6,10-11,16-17H2,1-4H3,(H,28,32)/t20-/m1/s1. The molecule has 190 valence electrons. The van der Waals surface area contributed by atoms with Gasteiger partial charge in [0.2, 0.25) is 21.8 Å². The Morgan fingerprint density at radius 2 is 1.80 bits per heavy atom. The number of benzene rings is 2. The number of aryl methyl sites for hydroxylation is 2. The van der Waals surface area contributed by atoms with Gasteiger partial charge in [0.25, 0.3) is 0 Å². The molecule has 1 aliphatic rings. The molecule has 0 spiro atoms. The highest BCUT2D eigenvalue weighted by Crippen LogP contribution is 2.25. The number of carbonyl (C=O) groups excluding carboxylic acids is 2. The molecule has 2 aromatic rings. The van der Waals surface area contributed by atoms with Crippen molar-refractivity contribution in [3.05, 3.63) is 64.2 Å². The van der Waals surface area contributed by atoms with Gasteiger partial charge in [0.05, 0.1) is 11.9 Å². The average Bonchev–Trinajstić information content (AvgIpc) is 3.29. The maximum atomic E-state index is 13.6. The summed E-state index contributed by atoms with van der Waals surface area (Å²) in [6.07, 6.45) is 5.07. The number of carbonyl (C=O) groups is 2. The first-order valence-electron chi connectivity index (χ1n) is 11.8. The summed E-state index contributed by atoms with van der Waals surface area (Å²) in [5.41, 5.74) is 3.00. The molecule has 1 atom stereocenters. The van der Waals surface area contributed by atoms with Crippen LogP contribution in [0.4, 0.5) is 5.69 Å². The summed E-state index contributed by atoms with van der Waals surface area (Å²) in [5.74, 6) is -0.704. The van der Waals surface area contributed by atoms with Crippen LogP contribution in [-0.2, 0) is 26.2 Å². The second kappa shape index (κ2) is 11.4. The van der Waals surface area contributed by atoms with Crippen LogP contribution in [0.25, 0.3) is 0 Å². The number of halogens is 1. The van der Waals surface area contributed by atoms with Gasteiger partial charge in [0, 0.05) is 17.6 Å². The molecule has 2 amide bonds. The quantitative estimate of drug-likeness (QED) is 0.538. The number of hydrogen-bond acceptors (Lipinski definition) is 4. The average molecular weight is 520 g/mol.